The predicted octanol–water partition coefficient (Wildman–Crippen LogP) is 4.04. The van der Waals surface area contributed by atoms with Crippen LogP contribution in [0, 0.1) is 18.3 Å². The van der Waals surface area contributed by atoms with Gasteiger partial charge in [-0.1, -0.05) is 17.7 Å². The zero-order chi connectivity index (χ0) is 25.1. The van der Waals surface area contributed by atoms with E-state index >= 15 is 0 Å². The molecule has 0 radical (unpaired) electrons. The second-order valence-electron chi connectivity index (χ2n) is 8.38. The first-order valence-electron chi connectivity index (χ1n) is 11.2. The number of rotatable bonds is 6. The fourth-order valence-electron chi connectivity index (χ4n) is 3.80. The molecule has 1 amide bonds. The number of halogens is 1. The Hall–Kier alpha value is -3.80. The first-order valence-corrected chi connectivity index (χ1v) is 11.6. The molecule has 0 N–H and O–H groups in total. The van der Waals surface area contributed by atoms with Crippen LogP contribution >= 0.6 is 11.6 Å². The van der Waals surface area contributed by atoms with Crippen LogP contribution in [-0.2, 0) is 11.3 Å². The fraction of sp³-hybridized carbons (Fsp3) is 0.269. The van der Waals surface area contributed by atoms with Gasteiger partial charge in [-0.3, -0.25) is 14.0 Å². The third-order valence-corrected chi connectivity index (χ3v) is 5.75. The van der Waals surface area contributed by atoms with Gasteiger partial charge in [0.1, 0.15) is 17.4 Å². The third kappa shape index (κ3) is 5.02. The average Bonchev–Trinajstić information content (AvgIpc) is 2.83. The number of nitrogens with zero attached hydrogens (tertiary/aromatic N) is 5. The van der Waals surface area contributed by atoms with E-state index in [2.05, 4.69) is 11.1 Å². The molecule has 9 heteroatoms. The van der Waals surface area contributed by atoms with E-state index in [1.54, 1.807) is 41.1 Å². The van der Waals surface area contributed by atoms with E-state index in [0.29, 0.717) is 41.5 Å². The summed E-state index contributed by atoms with van der Waals surface area (Å²) in [5, 5.41) is 10.7. The van der Waals surface area contributed by atoms with Crippen molar-refractivity contribution >= 4 is 34.2 Å². The smallest absolute Gasteiger partial charge is 0.278 e. The fourth-order valence-corrected chi connectivity index (χ4v) is 3.92. The summed E-state index contributed by atoms with van der Waals surface area (Å²) in [6.45, 7) is 6.57. The van der Waals surface area contributed by atoms with E-state index in [-0.39, 0.29) is 28.1 Å². The zero-order valence-electron chi connectivity index (χ0n) is 19.7. The van der Waals surface area contributed by atoms with Gasteiger partial charge >= 0.3 is 0 Å². The molecule has 0 aliphatic carbocycles. The molecule has 0 fully saturated rings. The molecule has 0 unspecified atom stereocenters. The van der Waals surface area contributed by atoms with Crippen molar-refractivity contribution in [3.63, 3.8) is 0 Å². The Morgan fingerprint density at radius 1 is 1.23 bits per heavy atom. The van der Waals surface area contributed by atoms with Gasteiger partial charge in [0, 0.05) is 29.9 Å². The molecule has 178 valence electrons. The van der Waals surface area contributed by atoms with E-state index in [1.165, 1.54) is 10.5 Å². The standard InChI is InChI=1S/C26H24ClN5O3/c1-16(2)35-13-5-12-31-23(30-25(33)18-7-9-20(27)10-8-18)19(15-28)14-21-24(31)29-22-17(3)6-4-11-32(22)26(21)34/h4,6-11,14,16H,5,12-13H2,1-3H3. The number of hydrogen-bond donors (Lipinski definition) is 0. The Morgan fingerprint density at radius 3 is 2.66 bits per heavy atom. The number of hydrogen-bond acceptors (Lipinski definition) is 5. The minimum atomic E-state index is -0.529. The van der Waals surface area contributed by atoms with Gasteiger partial charge < -0.3 is 9.30 Å². The summed E-state index contributed by atoms with van der Waals surface area (Å²) in [6.07, 6.45) is 2.28. The van der Waals surface area contributed by atoms with Gasteiger partial charge in [0.25, 0.3) is 11.5 Å². The molecular weight excluding hydrogens is 466 g/mol. The van der Waals surface area contributed by atoms with Crippen molar-refractivity contribution in [2.24, 2.45) is 4.99 Å². The van der Waals surface area contributed by atoms with Crippen LogP contribution in [0.4, 0.5) is 0 Å². The molecule has 0 saturated carbocycles. The Kier molecular flexibility index (Phi) is 7.10. The molecule has 0 aliphatic heterocycles. The van der Waals surface area contributed by atoms with E-state index in [0.717, 1.165) is 5.56 Å². The second-order valence-corrected chi connectivity index (χ2v) is 8.82. The van der Waals surface area contributed by atoms with Crippen molar-refractivity contribution in [3.05, 3.63) is 86.2 Å². The summed E-state index contributed by atoms with van der Waals surface area (Å²) in [6, 6.07) is 13.5. The summed E-state index contributed by atoms with van der Waals surface area (Å²) in [4.78, 5) is 35.4. The Labute approximate surface area is 206 Å². The number of benzene rings is 1. The van der Waals surface area contributed by atoms with Crippen LogP contribution < -0.4 is 11.0 Å². The van der Waals surface area contributed by atoms with Crippen molar-refractivity contribution in [1.82, 2.24) is 14.0 Å². The predicted molar refractivity (Wildman–Crippen MR) is 133 cm³/mol. The van der Waals surface area contributed by atoms with Crippen LogP contribution in [0.25, 0.3) is 16.7 Å². The highest BCUT2D eigenvalue weighted by Gasteiger charge is 2.16. The summed E-state index contributed by atoms with van der Waals surface area (Å²) < 4.78 is 8.80. The minimum Gasteiger partial charge on any atom is -0.379 e. The second kappa shape index (κ2) is 10.2. The van der Waals surface area contributed by atoms with Crippen LogP contribution in [0.1, 0.15) is 41.8 Å². The molecule has 0 saturated heterocycles. The maximum Gasteiger partial charge on any atom is 0.278 e. The van der Waals surface area contributed by atoms with Crippen molar-refractivity contribution in [2.75, 3.05) is 6.61 Å². The number of aryl methyl sites for hydroxylation is 2. The number of nitriles is 1. The molecule has 0 bridgehead atoms. The highest BCUT2D eigenvalue weighted by Crippen LogP contribution is 2.14. The largest absolute Gasteiger partial charge is 0.379 e. The van der Waals surface area contributed by atoms with E-state index in [1.807, 2.05) is 26.8 Å². The Morgan fingerprint density at radius 2 is 1.97 bits per heavy atom. The highest BCUT2D eigenvalue weighted by molar-refractivity contribution is 6.30. The average molecular weight is 490 g/mol. The number of carbonyl (C=O) groups excluding carboxylic acids is 1. The number of fused-ring (bicyclic) bond motifs is 2. The van der Waals surface area contributed by atoms with Gasteiger partial charge in [-0.15, -0.1) is 0 Å². The first kappa shape index (κ1) is 24.3. The zero-order valence-corrected chi connectivity index (χ0v) is 20.4. The molecule has 3 aromatic heterocycles. The van der Waals surface area contributed by atoms with E-state index < -0.39 is 5.91 Å². The molecule has 4 rings (SSSR count). The number of amides is 1. The normalized spacial score (nSPS) is 11.9. The lowest BCUT2D eigenvalue weighted by Gasteiger charge is -2.15. The van der Waals surface area contributed by atoms with Crippen LogP contribution in [0.5, 0.6) is 0 Å². The molecule has 0 aliphatic rings. The van der Waals surface area contributed by atoms with Gasteiger partial charge in [-0.25, -0.2) is 4.98 Å². The molecule has 0 atom stereocenters. The van der Waals surface area contributed by atoms with Crippen molar-refractivity contribution < 1.29 is 9.53 Å². The number of aromatic nitrogens is 3. The summed E-state index contributed by atoms with van der Waals surface area (Å²) >= 11 is 5.94. The van der Waals surface area contributed by atoms with Crippen LogP contribution in [0.3, 0.4) is 0 Å². The lowest BCUT2D eigenvalue weighted by atomic mass is 10.2. The lowest BCUT2D eigenvalue weighted by Crippen LogP contribution is -2.30. The van der Waals surface area contributed by atoms with Crippen molar-refractivity contribution in [3.8, 4) is 6.07 Å². The van der Waals surface area contributed by atoms with Crippen molar-refractivity contribution in [1.29, 1.82) is 5.26 Å². The molecule has 4 aromatic rings. The van der Waals surface area contributed by atoms with Gasteiger partial charge in [0.05, 0.1) is 17.1 Å². The summed E-state index contributed by atoms with van der Waals surface area (Å²) in [5.41, 5.74) is 1.96. The maximum absolute atomic E-state index is 13.3. The van der Waals surface area contributed by atoms with Gasteiger partial charge in [0.15, 0.2) is 5.49 Å². The molecule has 3 heterocycles. The van der Waals surface area contributed by atoms with E-state index in [9.17, 15) is 14.9 Å². The van der Waals surface area contributed by atoms with Gasteiger partial charge in [-0.2, -0.15) is 10.3 Å². The number of ether oxygens (including phenoxy) is 1. The molecule has 1 aromatic carbocycles. The monoisotopic (exact) mass is 489 g/mol. The summed E-state index contributed by atoms with van der Waals surface area (Å²) in [7, 11) is 0. The number of carbonyl (C=O) groups is 1. The van der Waals surface area contributed by atoms with Crippen LogP contribution in [-0.4, -0.2) is 32.6 Å². The topological polar surface area (TPSA) is 102 Å². The summed E-state index contributed by atoms with van der Waals surface area (Å²) in [5.74, 6) is -0.529. The first-order chi connectivity index (χ1) is 16.8. The molecule has 35 heavy (non-hydrogen) atoms. The van der Waals surface area contributed by atoms with Gasteiger partial charge in [-0.05, 0) is 69.2 Å². The Bertz CT molecular complexity index is 1590. The quantitative estimate of drug-likeness (QED) is 0.300. The SMILES string of the molecule is Cc1cccn2c(=O)c3cc(C#N)c(=NC(=O)c4ccc(Cl)cc4)n(CCCOC(C)C)c3nc12. The van der Waals surface area contributed by atoms with Crippen LogP contribution in [0.15, 0.2) is 58.4 Å². The number of pyridine rings is 2. The third-order valence-electron chi connectivity index (χ3n) is 5.50. The lowest BCUT2D eigenvalue weighted by molar-refractivity contribution is 0.0748. The molecule has 8 nitrogen and oxygen atoms in total. The highest BCUT2D eigenvalue weighted by atomic mass is 35.5. The molecule has 0 spiro atoms. The van der Waals surface area contributed by atoms with Crippen LogP contribution in [0.2, 0.25) is 5.02 Å². The Balaban J connectivity index is 2.00. The molecular formula is C26H24ClN5O3. The minimum absolute atomic E-state index is 0.0622. The van der Waals surface area contributed by atoms with E-state index in [4.69, 9.17) is 21.3 Å². The van der Waals surface area contributed by atoms with Crippen molar-refractivity contribution in [2.45, 2.75) is 39.8 Å². The van der Waals surface area contributed by atoms with Gasteiger partial charge in [0.2, 0.25) is 0 Å². The maximum atomic E-state index is 13.3.